The monoisotopic (exact) mass is 597 g/mol. The zero-order valence-corrected chi connectivity index (χ0v) is 26.6. The summed E-state index contributed by atoms with van der Waals surface area (Å²) >= 11 is 0. The summed E-state index contributed by atoms with van der Waals surface area (Å²) < 4.78 is 31.7. The van der Waals surface area contributed by atoms with Gasteiger partial charge in [0.15, 0.2) is 11.5 Å². The van der Waals surface area contributed by atoms with Gasteiger partial charge in [-0.1, -0.05) is 54.5 Å². The van der Waals surface area contributed by atoms with E-state index in [0.29, 0.717) is 5.56 Å². The molecule has 0 heterocycles. The number of nitrogens with two attached hydrogens (primary N) is 1. The molecule has 0 aromatic heterocycles. The topological polar surface area (TPSA) is 170 Å². The first-order valence-corrected chi connectivity index (χ1v) is 13.7. The predicted octanol–water partition coefficient (Wildman–Crippen LogP) is 6.28. The predicted molar refractivity (Wildman–Crippen MR) is 154 cm³/mol. The Morgan fingerprint density at radius 1 is 0.786 bits per heavy atom. The summed E-state index contributed by atoms with van der Waals surface area (Å²) in [6, 6.07) is 2.68. The maximum atomic E-state index is 12.5. The minimum Gasteiger partial charge on any atom is -0.480 e. The van der Waals surface area contributed by atoms with Crippen LogP contribution in [0.1, 0.15) is 87.6 Å². The van der Waals surface area contributed by atoms with Crippen molar-refractivity contribution in [3.63, 3.8) is 0 Å². The molecule has 1 aromatic carbocycles. The van der Waals surface area contributed by atoms with Crippen molar-refractivity contribution in [2.45, 2.75) is 99.8 Å². The Balaban J connectivity index is 3.44. The summed E-state index contributed by atoms with van der Waals surface area (Å²) in [5.41, 5.74) is 4.94. The van der Waals surface area contributed by atoms with Gasteiger partial charge in [-0.3, -0.25) is 4.79 Å². The molecule has 0 bridgehead atoms. The molecule has 0 saturated carbocycles. The molecule has 0 saturated heterocycles. The van der Waals surface area contributed by atoms with Crippen LogP contribution in [0.25, 0.3) is 0 Å². The van der Waals surface area contributed by atoms with Crippen LogP contribution in [0.2, 0.25) is 0 Å². The van der Waals surface area contributed by atoms with Crippen molar-refractivity contribution in [2.75, 3.05) is 13.2 Å². The Labute approximate surface area is 248 Å². The molecule has 0 amide bonds. The summed E-state index contributed by atoms with van der Waals surface area (Å²) in [5.74, 6) is -3.31. The van der Waals surface area contributed by atoms with Gasteiger partial charge >= 0.3 is 24.4 Å². The van der Waals surface area contributed by atoms with Crippen molar-refractivity contribution in [1.29, 1.82) is 0 Å². The third kappa shape index (κ3) is 13.4. The lowest BCUT2D eigenvalue weighted by Crippen LogP contribution is -2.43. The van der Waals surface area contributed by atoms with Crippen LogP contribution in [0.3, 0.4) is 0 Å². The maximum Gasteiger partial charge on any atom is 0.513 e. The number of carboxylic acids is 1. The molecular formula is C30H47NO11. The van der Waals surface area contributed by atoms with E-state index in [0.717, 1.165) is 0 Å². The van der Waals surface area contributed by atoms with Crippen molar-refractivity contribution in [3.8, 4) is 11.5 Å². The third-order valence-corrected chi connectivity index (χ3v) is 5.64. The number of benzene rings is 1. The molecule has 42 heavy (non-hydrogen) atoms. The van der Waals surface area contributed by atoms with Crippen LogP contribution in [0.15, 0.2) is 18.2 Å². The van der Waals surface area contributed by atoms with Gasteiger partial charge in [-0.05, 0) is 56.2 Å². The molecule has 1 aromatic rings. The highest BCUT2D eigenvalue weighted by Gasteiger charge is 2.36. The van der Waals surface area contributed by atoms with E-state index in [4.69, 9.17) is 34.2 Å². The van der Waals surface area contributed by atoms with Crippen molar-refractivity contribution < 1.29 is 52.7 Å². The van der Waals surface area contributed by atoms with Crippen LogP contribution in [-0.2, 0) is 23.7 Å². The van der Waals surface area contributed by atoms with E-state index in [1.807, 2.05) is 41.5 Å². The molecule has 0 fully saturated rings. The number of hydrogen-bond acceptors (Lipinski definition) is 11. The Morgan fingerprint density at radius 3 is 1.69 bits per heavy atom. The summed E-state index contributed by atoms with van der Waals surface area (Å²) in [6.45, 7) is 19.6. The minimum atomic E-state index is -1.45. The highest BCUT2D eigenvalue weighted by atomic mass is 16.7. The van der Waals surface area contributed by atoms with Crippen LogP contribution in [-0.4, -0.2) is 60.5 Å². The van der Waals surface area contributed by atoms with Crippen molar-refractivity contribution in [3.05, 3.63) is 23.8 Å². The zero-order valence-electron chi connectivity index (χ0n) is 26.6. The fourth-order valence-corrected chi connectivity index (χ4v) is 3.50. The minimum absolute atomic E-state index is 0.0401. The second-order valence-corrected chi connectivity index (χ2v) is 13.6. The SMILES string of the molecule is CC(OC(=O)OC(C)(C)C)C(C)C(c1ccc(OC(=O)OCC(C)(C)C)c(OC(=O)OCC(C)(C)C)c1)[C@H](N)C(=O)O. The Hall–Kier alpha value is -3.54. The average molecular weight is 598 g/mol. The van der Waals surface area contributed by atoms with Gasteiger partial charge < -0.3 is 39.3 Å². The van der Waals surface area contributed by atoms with Crippen molar-refractivity contribution in [1.82, 2.24) is 0 Å². The smallest absolute Gasteiger partial charge is 0.480 e. The number of rotatable bonds is 10. The van der Waals surface area contributed by atoms with E-state index in [1.165, 1.54) is 18.2 Å². The Bertz CT molecular complexity index is 1100. The molecular weight excluding hydrogens is 550 g/mol. The molecule has 238 valence electrons. The molecule has 0 radical (unpaired) electrons. The normalized spacial score (nSPS) is 15.0. The molecule has 0 aliphatic rings. The second kappa shape index (κ2) is 14.6. The lowest BCUT2D eigenvalue weighted by atomic mass is 9.79. The first kappa shape index (κ1) is 36.5. The molecule has 1 rings (SSSR count). The van der Waals surface area contributed by atoms with Gasteiger partial charge in [0.2, 0.25) is 0 Å². The standard InChI is InChI=1S/C30H47NO11/c1-17(18(2)39-27(36)42-30(9,10)11)22(23(31)24(32)33)19-12-13-20(40-25(34)37-15-28(3,4)5)21(14-19)41-26(35)38-16-29(6,7)8/h12-14,17-18,22-23H,15-16,31H2,1-11H3,(H,32,33)/t17?,18?,22?,23-/m0/s1. The quantitative estimate of drug-likeness (QED) is 0.176. The Morgan fingerprint density at radius 2 is 1.26 bits per heavy atom. The number of aliphatic carboxylic acids is 1. The van der Waals surface area contributed by atoms with Gasteiger partial charge in [0.05, 0.1) is 13.2 Å². The van der Waals surface area contributed by atoms with E-state index in [-0.39, 0.29) is 35.5 Å². The summed E-state index contributed by atoms with van der Waals surface area (Å²) in [7, 11) is 0. The van der Waals surface area contributed by atoms with Crippen molar-refractivity contribution in [2.24, 2.45) is 22.5 Å². The number of ether oxygens (including phenoxy) is 6. The van der Waals surface area contributed by atoms with Crippen molar-refractivity contribution >= 4 is 24.4 Å². The molecule has 4 atom stereocenters. The van der Waals surface area contributed by atoms with Crippen LogP contribution in [0.4, 0.5) is 14.4 Å². The largest absolute Gasteiger partial charge is 0.513 e. The van der Waals surface area contributed by atoms with Gasteiger partial charge in [0, 0.05) is 11.8 Å². The highest BCUT2D eigenvalue weighted by Crippen LogP contribution is 2.37. The van der Waals surface area contributed by atoms with Gasteiger partial charge in [-0.15, -0.1) is 0 Å². The zero-order chi connectivity index (χ0) is 32.6. The second-order valence-electron chi connectivity index (χ2n) is 13.6. The number of carbonyl (C=O) groups excluding carboxylic acids is 3. The number of hydrogen-bond donors (Lipinski definition) is 2. The summed E-state index contributed by atoms with van der Waals surface area (Å²) in [4.78, 5) is 49.2. The lowest BCUT2D eigenvalue weighted by molar-refractivity contribution is -0.139. The number of carboxylic acid groups (broad SMARTS) is 1. The fraction of sp³-hybridized carbons (Fsp3) is 0.667. The molecule has 12 heteroatoms. The molecule has 3 unspecified atom stereocenters. The molecule has 0 aliphatic heterocycles. The first-order valence-electron chi connectivity index (χ1n) is 13.7. The molecule has 0 spiro atoms. The van der Waals surface area contributed by atoms with E-state index < -0.39 is 54.0 Å². The van der Waals surface area contributed by atoms with E-state index in [2.05, 4.69) is 0 Å². The van der Waals surface area contributed by atoms with E-state index in [1.54, 1.807) is 34.6 Å². The Kier molecular flexibility index (Phi) is 12.7. The van der Waals surface area contributed by atoms with E-state index in [9.17, 15) is 24.3 Å². The van der Waals surface area contributed by atoms with Crippen LogP contribution < -0.4 is 15.2 Å². The summed E-state index contributed by atoms with van der Waals surface area (Å²) in [6.07, 6.45) is -3.85. The molecule has 0 aliphatic carbocycles. The third-order valence-electron chi connectivity index (χ3n) is 5.64. The van der Waals surface area contributed by atoms with E-state index >= 15 is 0 Å². The fourth-order valence-electron chi connectivity index (χ4n) is 3.50. The number of carbonyl (C=O) groups is 4. The first-order chi connectivity index (χ1) is 19.0. The molecule has 12 nitrogen and oxygen atoms in total. The average Bonchev–Trinajstić information content (AvgIpc) is 2.80. The van der Waals surface area contributed by atoms with Gasteiger partial charge in [0.1, 0.15) is 17.7 Å². The van der Waals surface area contributed by atoms with Gasteiger partial charge in [-0.25, -0.2) is 14.4 Å². The van der Waals surface area contributed by atoms with Gasteiger partial charge in [-0.2, -0.15) is 0 Å². The molecule has 3 N–H and O–H groups in total. The van der Waals surface area contributed by atoms with Crippen LogP contribution in [0.5, 0.6) is 11.5 Å². The van der Waals surface area contributed by atoms with Crippen LogP contribution >= 0.6 is 0 Å². The highest BCUT2D eigenvalue weighted by molar-refractivity contribution is 5.75. The van der Waals surface area contributed by atoms with Crippen LogP contribution in [0, 0.1) is 16.7 Å². The summed E-state index contributed by atoms with van der Waals surface area (Å²) in [5, 5.41) is 9.79. The maximum absolute atomic E-state index is 12.5. The lowest BCUT2D eigenvalue weighted by Gasteiger charge is -2.32. The van der Waals surface area contributed by atoms with Gasteiger partial charge in [0.25, 0.3) is 0 Å².